The molecule has 7 nitrogen and oxygen atoms in total. The van der Waals surface area contributed by atoms with E-state index >= 15 is 0 Å². The van der Waals surface area contributed by atoms with Crippen LogP contribution in [0, 0.1) is 11.3 Å². The molecule has 4 rings (SSSR count). The summed E-state index contributed by atoms with van der Waals surface area (Å²) in [4.78, 5) is 26.7. The number of amides is 2. The molecule has 0 atom stereocenters. The van der Waals surface area contributed by atoms with E-state index in [0.29, 0.717) is 22.9 Å². The number of carbonyl (C=O) groups is 2. The van der Waals surface area contributed by atoms with Gasteiger partial charge in [-0.2, -0.15) is 5.26 Å². The highest BCUT2D eigenvalue weighted by Gasteiger charge is 2.34. The molecule has 0 saturated carbocycles. The molecule has 0 radical (unpaired) electrons. The number of furan rings is 1. The predicted molar refractivity (Wildman–Crippen MR) is 122 cm³/mol. The average molecular weight is 441 g/mol. The van der Waals surface area contributed by atoms with Crippen LogP contribution in [-0.2, 0) is 9.59 Å². The molecule has 2 amide bonds. The van der Waals surface area contributed by atoms with E-state index in [2.05, 4.69) is 5.32 Å². The average Bonchev–Trinajstić information content (AvgIpc) is 3.30. The molecule has 1 aliphatic heterocycles. The van der Waals surface area contributed by atoms with Crippen molar-refractivity contribution in [1.82, 2.24) is 5.32 Å². The number of nitriles is 1. The Labute approximate surface area is 188 Å². The van der Waals surface area contributed by atoms with Gasteiger partial charge in [0.2, 0.25) is 0 Å². The lowest BCUT2D eigenvalue weighted by atomic mass is 10.1. The maximum atomic E-state index is 13.1. The van der Waals surface area contributed by atoms with E-state index in [1.54, 1.807) is 36.4 Å². The van der Waals surface area contributed by atoms with Crippen LogP contribution in [0.4, 0.5) is 5.69 Å². The molecule has 1 aromatic heterocycles. The quantitative estimate of drug-likeness (QED) is 0.274. The molecule has 1 saturated heterocycles. The summed E-state index contributed by atoms with van der Waals surface area (Å²) in [7, 11) is 0. The topological polar surface area (TPSA) is 95.6 Å². The van der Waals surface area contributed by atoms with Crippen LogP contribution in [0.2, 0.25) is 0 Å². The first-order valence-corrected chi connectivity index (χ1v) is 9.86. The van der Waals surface area contributed by atoms with Gasteiger partial charge in [0, 0.05) is 0 Å². The number of para-hydroxylation sites is 1. The van der Waals surface area contributed by atoms with E-state index in [-0.39, 0.29) is 16.3 Å². The molecule has 0 spiro atoms. The van der Waals surface area contributed by atoms with Crippen LogP contribution in [0.5, 0.6) is 11.5 Å². The zero-order chi connectivity index (χ0) is 22.5. The van der Waals surface area contributed by atoms with Crippen LogP contribution in [-0.4, -0.2) is 16.9 Å². The van der Waals surface area contributed by atoms with E-state index in [1.807, 2.05) is 36.4 Å². The number of nitrogens with zero attached hydrogens (tertiary/aromatic N) is 2. The number of hydrogen-bond donors (Lipinski definition) is 1. The normalized spacial score (nSPS) is 15.5. The summed E-state index contributed by atoms with van der Waals surface area (Å²) < 4.78 is 10.9. The van der Waals surface area contributed by atoms with Gasteiger partial charge in [0.15, 0.2) is 5.11 Å². The number of benzene rings is 2. The summed E-state index contributed by atoms with van der Waals surface area (Å²) in [6.07, 6.45) is 4.10. The van der Waals surface area contributed by atoms with E-state index in [0.717, 1.165) is 0 Å². The van der Waals surface area contributed by atoms with Gasteiger partial charge in [-0.25, -0.2) is 0 Å². The van der Waals surface area contributed by atoms with Crippen LogP contribution < -0.4 is 15.0 Å². The fraction of sp³-hybridized carbons (Fsp3) is 0. The maximum Gasteiger partial charge on any atom is 0.270 e. The standard InChI is InChI=1S/C24H15N3O4S/c25-15-16(13-20-7-4-12-30-20)14-21-22(28)26-24(32)27(23(21)29)17-8-10-19(11-9-17)31-18-5-2-1-3-6-18/h1-14H,(H,26,28,32)/b16-13+,21-14+. The fourth-order valence-electron chi connectivity index (χ4n) is 2.97. The first-order valence-electron chi connectivity index (χ1n) is 9.45. The summed E-state index contributed by atoms with van der Waals surface area (Å²) in [6.45, 7) is 0. The Bertz CT molecular complexity index is 1270. The first-order chi connectivity index (χ1) is 15.5. The van der Waals surface area contributed by atoms with Gasteiger partial charge in [-0.05, 0) is 72.9 Å². The van der Waals surface area contributed by atoms with Gasteiger partial charge in [-0.15, -0.1) is 0 Å². The summed E-state index contributed by atoms with van der Waals surface area (Å²) in [5.74, 6) is 0.346. The van der Waals surface area contributed by atoms with Gasteiger partial charge < -0.3 is 9.15 Å². The second-order valence-corrected chi connectivity index (χ2v) is 6.98. The van der Waals surface area contributed by atoms with Gasteiger partial charge >= 0.3 is 0 Å². The molecule has 0 aliphatic carbocycles. The molecule has 156 valence electrons. The molecule has 8 heteroatoms. The highest BCUT2D eigenvalue weighted by molar-refractivity contribution is 7.80. The molecule has 1 aliphatic rings. The van der Waals surface area contributed by atoms with Gasteiger partial charge in [-0.3, -0.25) is 19.8 Å². The Balaban J connectivity index is 1.60. The van der Waals surface area contributed by atoms with Gasteiger partial charge in [0.05, 0.1) is 23.6 Å². The Morgan fingerprint density at radius 1 is 1.03 bits per heavy atom. The lowest BCUT2D eigenvalue weighted by molar-refractivity contribution is -0.122. The maximum absolute atomic E-state index is 13.1. The molecule has 2 aromatic carbocycles. The van der Waals surface area contributed by atoms with Crippen molar-refractivity contribution in [2.75, 3.05) is 4.90 Å². The number of rotatable bonds is 5. The Kier molecular flexibility index (Phi) is 5.92. The van der Waals surface area contributed by atoms with E-state index in [4.69, 9.17) is 21.4 Å². The van der Waals surface area contributed by atoms with Crippen molar-refractivity contribution in [3.8, 4) is 17.6 Å². The van der Waals surface area contributed by atoms with E-state index < -0.39 is 11.8 Å². The first kappa shape index (κ1) is 20.8. The van der Waals surface area contributed by atoms with Crippen LogP contribution in [0.15, 0.2) is 94.6 Å². The lowest BCUT2D eigenvalue weighted by Crippen LogP contribution is -2.54. The predicted octanol–water partition coefficient (Wildman–Crippen LogP) is 4.35. The number of hydrogen-bond acceptors (Lipinski definition) is 6. The van der Waals surface area contributed by atoms with Crippen LogP contribution in [0.1, 0.15) is 5.76 Å². The smallest absolute Gasteiger partial charge is 0.270 e. The van der Waals surface area contributed by atoms with Crippen LogP contribution >= 0.6 is 12.2 Å². The van der Waals surface area contributed by atoms with Crippen molar-refractivity contribution in [2.45, 2.75) is 0 Å². The zero-order valence-corrected chi connectivity index (χ0v) is 17.3. The SMILES string of the molecule is N#CC(=C/c1ccco1)/C=C1\C(=O)NC(=S)N(c2ccc(Oc3ccccc3)cc2)C1=O. The third kappa shape index (κ3) is 4.48. The molecular weight excluding hydrogens is 426 g/mol. The van der Waals surface area contributed by atoms with Gasteiger partial charge in [0.1, 0.15) is 22.8 Å². The van der Waals surface area contributed by atoms with Crippen LogP contribution in [0.3, 0.4) is 0 Å². The molecule has 1 fully saturated rings. The van der Waals surface area contributed by atoms with Crippen molar-refractivity contribution < 1.29 is 18.7 Å². The molecule has 0 bridgehead atoms. The molecule has 2 heterocycles. The summed E-state index contributed by atoms with van der Waals surface area (Å²) >= 11 is 5.21. The van der Waals surface area contributed by atoms with Crippen molar-refractivity contribution in [1.29, 1.82) is 5.26 Å². The largest absolute Gasteiger partial charge is 0.465 e. The molecule has 1 N–H and O–H groups in total. The highest BCUT2D eigenvalue weighted by atomic mass is 32.1. The number of allylic oxidation sites excluding steroid dienone is 2. The minimum atomic E-state index is -0.680. The Morgan fingerprint density at radius 2 is 1.75 bits per heavy atom. The molecule has 3 aromatic rings. The van der Waals surface area contributed by atoms with Crippen molar-refractivity contribution in [3.63, 3.8) is 0 Å². The summed E-state index contributed by atoms with van der Waals surface area (Å²) in [6, 6.07) is 21.2. The summed E-state index contributed by atoms with van der Waals surface area (Å²) in [5.41, 5.74) is 0.306. The highest BCUT2D eigenvalue weighted by Crippen LogP contribution is 2.27. The molecular formula is C24H15N3O4S. The van der Waals surface area contributed by atoms with Crippen LogP contribution in [0.25, 0.3) is 6.08 Å². The van der Waals surface area contributed by atoms with Crippen molar-refractivity contribution in [2.24, 2.45) is 0 Å². The fourth-order valence-corrected chi connectivity index (χ4v) is 3.25. The third-order valence-electron chi connectivity index (χ3n) is 4.45. The number of thiocarbonyl (C=S) groups is 1. The second-order valence-electron chi connectivity index (χ2n) is 6.59. The minimum absolute atomic E-state index is 0.0533. The number of carbonyl (C=O) groups excluding carboxylic acids is 2. The van der Waals surface area contributed by atoms with Crippen molar-refractivity contribution in [3.05, 3.63) is 96.0 Å². The monoisotopic (exact) mass is 441 g/mol. The van der Waals surface area contributed by atoms with Gasteiger partial charge in [0.25, 0.3) is 11.8 Å². The number of ether oxygens (including phenoxy) is 1. The Hall–Kier alpha value is -4.48. The number of nitrogens with one attached hydrogen (secondary N) is 1. The third-order valence-corrected chi connectivity index (χ3v) is 4.73. The molecule has 32 heavy (non-hydrogen) atoms. The second kappa shape index (κ2) is 9.12. The van der Waals surface area contributed by atoms with E-state index in [1.165, 1.54) is 23.3 Å². The van der Waals surface area contributed by atoms with Gasteiger partial charge in [-0.1, -0.05) is 18.2 Å². The zero-order valence-electron chi connectivity index (χ0n) is 16.5. The van der Waals surface area contributed by atoms with E-state index in [9.17, 15) is 14.9 Å². The lowest BCUT2D eigenvalue weighted by Gasteiger charge is -2.29. The minimum Gasteiger partial charge on any atom is -0.465 e. The summed E-state index contributed by atoms with van der Waals surface area (Å²) in [5, 5.41) is 11.8. The number of anilines is 1. The Morgan fingerprint density at radius 3 is 2.41 bits per heavy atom. The molecule has 0 unspecified atom stereocenters. The van der Waals surface area contributed by atoms with Crippen molar-refractivity contribution >= 4 is 40.9 Å².